The molecular formula is C16H20N2O2. The van der Waals surface area contributed by atoms with E-state index in [1.807, 2.05) is 12.1 Å². The number of H-pyrrole nitrogens is 1. The lowest BCUT2D eigenvalue weighted by Crippen LogP contribution is -2.42. The van der Waals surface area contributed by atoms with Gasteiger partial charge >= 0.3 is 5.69 Å². The second kappa shape index (κ2) is 4.93. The standard InChI is InChI=1S/C16H20N2O2/c1-10-6-5-9-14(11(10)2)18-15(19)12-7-3-4-8-13(12)17-16(18)20/h3-4,7-8,10-11,14H,5-6,9H2,1-2H3,(H,17,20)/t10-,11+,14-/m1/s1. The average Bonchev–Trinajstić information content (AvgIpc) is 2.43. The number of benzene rings is 1. The molecule has 0 radical (unpaired) electrons. The lowest BCUT2D eigenvalue weighted by molar-refractivity contribution is 0.179. The van der Waals surface area contributed by atoms with Gasteiger partial charge in [0, 0.05) is 6.04 Å². The molecule has 20 heavy (non-hydrogen) atoms. The van der Waals surface area contributed by atoms with Gasteiger partial charge in [0.1, 0.15) is 0 Å². The SMILES string of the molecule is C[C@H]1[C@H](C)CCC[C@H]1n1c(=O)[nH]c2ccccc2c1=O. The van der Waals surface area contributed by atoms with Gasteiger partial charge in [0.2, 0.25) is 0 Å². The summed E-state index contributed by atoms with van der Waals surface area (Å²) in [4.78, 5) is 27.8. The Morgan fingerprint density at radius 2 is 1.90 bits per heavy atom. The molecule has 1 heterocycles. The smallest absolute Gasteiger partial charge is 0.307 e. The molecule has 0 amide bonds. The number of aromatic nitrogens is 2. The van der Waals surface area contributed by atoms with Crippen LogP contribution in [0.1, 0.15) is 39.2 Å². The number of hydrogen-bond donors (Lipinski definition) is 1. The van der Waals surface area contributed by atoms with E-state index in [0.717, 1.165) is 12.8 Å². The Kier molecular flexibility index (Phi) is 3.24. The lowest BCUT2D eigenvalue weighted by Gasteiger charge is -2.34. The predicted octanol–water partition coefficient (Wildman–Crippen LogP) is 2.69. The van der Waals surface area contributed by atoms with Crippen molar-refractivity contribution >= 4 is 10.9 Å². The highest BCUT2D eigenvalue weighted by Crippen LogP contribution is 2.36. The third-order valence-electron chi connectivity index (χ3n) is 4.83. The second-order valence-corrected chi connectivity index (χ2v) is 5.99. The lowest BCUT2D eigenvalue weighted by atomic mass is 9.78. The number of fused-ring (bicyclic) bond motifs is 1. The average molecular weight is 272 g/mol. The summed E-state index contributed by atoms with van der Waals surface area (Å²) in [7, 11) is 0. The first-order chi connectivity index (χ1) is 9.59. The van der Waals surface area contributed by atoms with Crippen LogP contribution in [0.25, 0.3) is 10.9 Å². The van der Waals surface area contributed by atoms with E-state index in [-0.39, 0.29) is 17.3 Å². The molecule has 0 spiro atoms. The van der Waals surface area contributed by atoms with Gasteiger partial charge in [-0.25, -0.2) is 4.79 Å². The Morgan fingerprint density at radius 3 is 2.70 bits per heavy atom. The molecule has 1 N–H and O–H groups in total. The second-order valence-electron chi connectivity index (χ2n) is 5.99. The zero-order valence-electron chi connectivity index (χ0n) is 11.9. The fourth-order valence-electron chi connectivity index (χ4n) is 3.40. The number of rotatable bonds is 1. The van der Waals surface area contributed by atoms with Gasteiger partial charge in [-0.15, -0.1) is 0 Å². The minimum atomic E-state index is -0.278. The summed E-state index contributed by atoms with van der Waals surface area (Å²) in [6.45, 7) is 4.35. The first kappa shape index (κ1) is 13.2. The third kappa shape index (κ3) is 1.99. The maximum Gasteiger partial charge on any atom is 0.329 e. The van der Waals surface area contributed by atoms with Gasteiger partial charge in [0.25, 0.3) is 5.56 Å². The van der Waals surface area contributed by atoms with Crippen molar-refractivity contribution in [2.24, 2.45) is 11.8 Å². The molecule has 0 saturated heterocycles. The van der Waals surface area contributed by atoms with E-state index in [1.165, 1.54) is 11.0 Å². The van der Waals surface area contributed by atoms with Crippen LogP contribution in [0, 0.1) is 11.8 Å². The molecule has 1 saturated carbocycles. The van der Waals surface area contributed by atoms with Crippen molar-refractivity contribution in [2.45, 2.75) is 39.2 Å². The molecular weight excluding hydrogens is 252 g/mol. The molecule has 3 rings (SSSR count). The zero-order chi connectivity index (χ0) is 14.3. The molecule has 4 heteroatoms. The van der Waals surface area contributed by atoms with E-state index < -0.39 is 0 Å². The first-order valence-electron chi connectivity index (χ1n) is 7.33. The minimum Gasteiger partial charge on any atom is -0.307 e. The summed E-state index contributed by atoms with van der Waals surface area (Å²) in [6, 6.07) is 7.22. The van der Waals surface area contributed by atoms with Gasteiger partial charge in [0.15, 0.2) is 0 Å². The van der Waals surface area contributed by atoms with Crippen LogP contribution in [0.15, 0.2) is 33.9 Å². The maximum atomic E-state index is 12.6. The van der Waals surface area contributed by atoms with Gasteiger partial charge in [-0.2, -0.15) is 0 Å². The van der Waals surface area contributed by atoms with Gasteiger partial charge < -0.3 is 4.98 Å². The van der Waals surface area contributed by atoms with Crippen LogP contribution in [0.4, 0.5) is 0 Å². The quantitative estimate of drug-likeness (QED) is 0.867. The van der Waals surface area contributed by atoms with Crippen molar-refractivity contribution in [1.29, 1.82) is 0 Å². The molecule has 3 atom stereocenters. The summed E-state index contributed by atoms with van der Waals surface area (Å²) in [5.41, 5.74) is 0.185. The Morgan fingerprint density at radius 1 is 1.15 bits per heavy atom. The van der Waals surface area contributed by atoms with Crippen molar-refractivity contribution in [3.05, 3.63) is 45.1 Å². The normalized spacial score (nSPS) is 26.8. The van der Waals surface area contributed by atoms with Crippen LogP contribution < -0.4 is 11.2 Å². The fraction of sp³-hybridized carbons (Fsp3) is 0.500. The number of aromatic amines is 1. The van der Waals surface area contributed by atoms with Gasteiger partial charge in [-0.3, -0.25) is 9.36 Å². The monoisotopic (exact) mass is 272 g/mol. The maximum absolute atomic E-state index is 12.6. The molecule has 1 aliphatic carbocycles. The highest BCUT2D eigenvalue weighted by molar-refractivity contribution is 5.76. The zero-order valence-corrected chi connectivity index (χ0v) is 11.9. The van der Waals surface area contributed by atoms with E-state index in [0.29, 0.717) is 22.7 Å². The number of para-hydroxylation sites is 1. The molecule has 1 aromatic carbocycles. The molecule has 1 fully saturated rings. The largest absolute Gasteiger partial charge is 0.329 e. The molecule has 0 unspecified atom stereocenters. The van der Waals surface area contributed by atoms with Crippen LogP contribution in [0.2, 0.25) is 0 Å². The third-order valence-corrected chi connectivity index (χ3v) is 4.83. The highest BCUT2D eigenvalue weighted by Gasteiger charge is 2.30. The van der Waals surface area contributed by atoms with Crippen molar-refractivity contribution in [3.63, 3.8) is 0 Å². The molecule has 2 aromatic rings. The van der Waals surface area contributed by atoms with Crippen LogP contribution in [0.5, 0.6) is 0 Å². The highest BCUT2D eigenvalue weighted by atomic mass is 16.2. The Hall–Kier alpha value is -1.84. The van der Waals surface area contributed by atoms with Gasteiger partial charge in [0.05, 0.1) is 10.9 Å². The van der Waals surface area contributed by atoms with E-state index in [2.05, 4.69) is 18.8 Å². The first-order valence-corrected chi connectivity index (χ1v) is 7.33. The fourth-order valence-corrected chi connectivity index (χ4v) is 3.40. The number of hydrogen-bond acceptors (Lipinski definition) is 2. The van der Waals surface area contributed by atoms with E-state index in [1.54, 1.807) is 12.1 Å². The summed E-state index contributed by atoms with van der Waals surface area (Å²) in [5.74, 6) is 0.898. The Balaban J connectivity index is 2.21. The minimum absolute atomic E-state index is 0.0135. The van der Waals surface area contributed by atoms with Crippen LogP contribution in [-0.4, -0.2) is 9.55 Å². The molecule has 0 bridgehead atoms. The van der Waals surface area contributed by atoms with Crippen molar-refractivity contribution in [3.8, 4) is 0 Å². The van der Waals surface area contributed by atoms with E-state index in [9.17, 15) is 9.59 Å². The molecule has 4 nitrogen and oxygen atoms in total. The summed E-state index contributed by atoms with van der Waals surface area (Å²) in [6.07, 6.45) is 3.17. The van der Waals surface area contributed by atoms with Gasteiger partial charge in [-0.1, -0.05) is 38.8 Å². The van der Waals surface area contributed by atoms with Gasteiger partial charge in [-0.05, 0) is 30.4 Å². The molecule has 0 aliphatic heterocycles. The summed E-state index contributed by atoms with van der Waals surface area (Å²) in [5, 5.41) is 0.595. The van der Waals surface area contributed by atoms with Crippen molar-refractivity contribution in [1.82, 2.24) is 9.55 Å². The number of nitrogens with zero attached hydrogens (tertiary/aromatic N) is 1. The number of nitrogens with one attached hydrogen (secondary N) is 1. The Labute approximate surface area is 117 Å². The van der Waals surface area contributed by atoms with E-state index >= 15 is 0 Å². The molecule has 106 valence electrons. The summed E-state index contributed by atoms with van der Waals surface area (Å²) >= 11 is 0. The van der Waals surface area contributed by atoms with Crippen molar-refractivity contribution in [2.75, 3.05) is 0 Å². The molecule has 1 aliphatic rings. The van der Waals surface area contributed by atoms with Crippen LogP contribution in [0.3, 0.4) is 0 Å². The molecule has 1 aromatic heterocycles. The van der Waals surface area contributed by atoms with Crippen LogP contribution >= 0.6 is 0 Å². The predicted molar refractivity (Wildman–Crippen MR) is 80.0 cm³/mol. The van der Waals surface area contributed by atoms with Crippen molar-refractivity contribution < 1.29 is 0 Å². The topological polar surface area (TPSA) is 54.9 Å². The summed E-state index contributed by atoms with van der Waals surface area (Å²) < 4.78 is 1.45. The van der Waals surface area contributed by atoms with E-state index in [4.69, 9.17) is 0 Å². The van der Waals surface area contributed by atoms with Crippen LogP contribution in [-0.2, 0) is 0 Å². The Bertz CT molecular complexity index is 744.